The molecule has 5 heteroatoms. The van der Waals surface area contributed by atoms with Crippen molar-refractivity contribution in [2.75, 3.05) is 0 Å². The number of pyridine rings is 2. The van der Waals surface area contributed by atoms with Gasteiger partial charge in [-0.15, -0.1) is 0 Å². The first-order valence-corrected chi connectivity index (χ1v) is 6.07. The van der Waals surface area contributed by atoms with Crippen molar-refractivity contribution in [2.24, 2.45) is 0 Å². The van der Waals surface area contributed by atoms with E-state index in [1.165, 1.54) is 0 Å². The first kappa shape index (κ1) is 16.6. The van der Waals surface area contributed by atoms with Gasteiger partial charge in [-0.2, -0.15) is 0 Å². The lowest BCUT2D eigenvalue weighted by Crippen LogP contribution is -2.03. The molecule has 2 aromatic rings. The minimum absolute atomic E-state index is 0. The van der Waals surface area contributed by atoms with Crippen LogP contribution in [0.3, 0.4) is 0 Å². The van der Waals surface area contributed by atoms with Crippen LogP contribution in [0.4, 0.5) is 0 Å². The number of nitrogens with one attached hydrogen (secondary N) is 2. The van der Waals surface area contributed by atoms with Crippen molar-refractivity contribution >= 4 is 22.6 Å². The van der Waals surface area contributed by atoms with Crippen LogP contribution in [0.1, 0.15) is 18.6 Å². The van der Waals surface area contributed by atoms with Crippen LogP contribution in [0.15, 0.2) is 40.2 Å². The van der Waals surface area contributed by atoms with Gasteiger partial charge in [0, 0.05) is 28.1 Å². The molecule has 18 heavy (non-hydrogen) atoms. The van der Waals surface area contributed by atoms with Gasteiger partial charge in [0.2, 0.25) is 11.1 Å². The summed E-state index contributed by atoms with van der Waals surface area (Å²) >= 11 is 2.17. The van der Waals surface area contributed by atoms with Crippen molar-refractivity contribution in [2.45, 2.75) is 21.3 Å². The molecule has 0 aromatic carbocycles. The Morgan fingerprint density at radius 1 is 1.06 bits per heavy atom. The minimum Gasteiger partial charge on any atom is -0.329 e. The molecule has 0 radical (unpaired) electrons. The lowest BCUT2D eigenvalue weighted by molar-refractivity contribution is 1.19. The highest BCUT2D eigenvalue weighted by atomic mass is 127. The maximum atomic E-state index is 10.6. The van der Waals surface area contributed by atoms with Crippen molar-refractivity contribution < 1.29 is 0 Å². The highest BCUT2D eigenvalue weighted by Crippen LogP contribution is 2.04. The molecule has 0 saturated heterocycles. The second-order valence-electron chi connectivity index (χ2n) is 3.56. The third kappa shape index (κ3) is 5.81. The van der Waals surface area contributed by atoms with Crippen molar-refractivity contribution in [3.63, 3.8) is 0 Å². The lowest BCUT2D eigenvalue weighted by atomic mass is 10.3. The Morgan fingerprint density at radius 2 is 1.67 bits per heavy atom. The smallest absolute Gasteiger partial charge is 0.248 e. The normalized spacial score (nSPS) is 8.83. The monoisotopic (exact) mass is 360 g/mol. The second-order valence-corrected chi connectivity index (χ2v) is 4.72. The maximum Gasteiger partial charge on any atom is 0.248 e. The summed E-state index contributed by atoms with van der Waals surface area (Å²) in [6, 6.07) is 4.99. The molecule has 0 aliphatic heterocycles. The molecule has 0 atom stereocenters. The van der Waals surface area contributed by atoms with Crippen LogP contribution >= 0.6 is 22.6 Å². The van der Waals surface area contributed by atoms with E-state index in [4.69, 9.17) is 0 Å². The number of aromatic nitrogens is 2. The summed E-state index contributed by atoms with van der Waals surface area (Å²) in [5.41, 5.74) is 1.95. The molecule has 0 amide bonds. The average Bonchev–Trinajstić information content (AvgIpc) is 2.24. The van der Waals surface area contributed by atoms with Gasteiger partial charge in [0.05, 0.1) is 0 Å². The van der Waals surface area contributed by atoms with Gasteiger partial charge in [0.25, 0.3) is 0 Å². The Morgan fingerprint density at radius 3 is 2.06 bits per heavy atom. The number of aryl methyl sites for hydroxylation is 2. The number of halogens is 1. The SMILES string of the molecule is C.Cc1cc(=O)[nH]cc1I.Cc1cc[nH]c(=O)c1. The number of hydrogen-bond acceptors (Lipinski definition) is 2. The van der Waals surface area contributed by atoms with E-state index in [1.54, 1.807) is 24.5 Å². The average molecular weight is 360 g/mol. The molecular weight excluding hydrogens is 343 g/mol. The fourth-order valence-corrected chi connectivity index (χ4v) is 1.42. The predicted molar refractivity (Wildman–Crippen MR) is 83.0 cm³/mol. The predicted octanol–water partition coefficient (Wildman–Crippen LogP) is 2.61. The van der Waals surface area contributed by atoms with Gasteiger partial charge in [0.15, 0.2) is 0 Å². The third-order valence-electron chi connectivity index (χ3n) is 2.00. The number of rotatable bonds is 0. The van der Waals surface area contributed by atoms with E-state index in [1.807, 2.05) is 19.9 Å². The van der Waals surface area contributed by atoms with Crippen LogP contribution in [0.2, 0.25) is 0 Å². The zero-order chi connectivity index (χ0) is 12.8. The van der Waals surface area contributed by atoms with Crippen LogP contribution in [0.5, 0.6) is 0 Å². The summed E-state index contributed by atoms with van der Waals surface area (Å²) in [5, 5.41) is 0. The fourth-order valence-electron chi connectivity index (χ4n) is 1.11. The molecule has 0 bridgehead atoms. The van der Waals surface area contributed by atoms with E-state index >= 15 is 0 Å². The fraction of sp³-hybridized carbons (Fsp3) is 0.231. The Kier molecular flexibility index (Phi) is 7.26. The zero-order valence-corrected chi connectivity index (χ0v) is 11.7. The molecule has 4 nitrogen and oxygen atoms in total. The molecule has 2 heterocycles. The van der Waals surface area contributed by atoms with Gasteiger partial charge in [-0.05, 0) is 53.6 Å². The first-order valence-electron chi connectivity index (χ1n) is 4.99. The van der Waals surface area contributed by atoms with Crippen LogP contribution < -0.4 is 11.1 Å². The molecule has 0 saturated carbocycles. The zero-order valence-electron chi connectivity index (χ0n) is 9.58. The number of H-pyrrole nitrogens is 2. The van der Waals surface area contributed by atoms with E-state index < -0.39 is 0 Å². The van der Waals surface area contributed by atoms with E-state index in [2.05, 4.69) is 32.6 Å². The molecule has 2 rings (SSSR count). The highest BCUT2D eigenvalue weighted by molar-refractivity contribution is 14.1. The van der Waals surface area contributed by atoms with Crippen molar-refractivity contribution in [3.8, 4) is 0 Å². The summed E-state index contributed by atoms with van der Waals surface area (Å²) in [6.07, 6.45) is 3.34. The van der Waals surface area contributed by atoms with Crippen molar-refractivity contribution in [3.05, 3.63) is 66.0 Å². The van der Waals surface area contributed by atoms with Gasteiger partial charge in [-0.1, -0.05) is 7.43 Å². The third-order valence-corrected chi connectivity index (χ3v) is 3.16. The molecular formula is C13H17IN2O2. The molecule has 0 spiro atoms. The van der Waals surface area contributed by atoms with Crippen LogP contribution in [-0.4, -0.2) is 9.97 Å². The van der Waals surface area contributed by atoms with Gasteiger partial charge in [0.1, 0.15) is 0 Å². The first-order chi connectivity index (χ1) is 7.99. The molecule has 98 valence electrons. The number of aromatic amines is 2. The Hall–Kier alpha value is -1.37. The van der Waals surface area contributed by atoms with E-state index in [-0.39, 0.29) is 18.5 Å². The van der Waals surface area contributed by atoms with Gasteiger partial charge in [-0.25, -0.2) is 0 Å². The molecule has 2 aromatic heterocycles. The van der Waals surface area contributed by atoms with E-state index in [0.717, 1.165) is 14.7 Å². The summed E-state index contributed by atoms with van der Waals surface area (Å²) in [5.74, 6) is 0. The van der Waals surface area contributed by atoms with Crippen LogP contribution in [0, 0.1) is 17.4 Å². The number of hydrogen-bond donors (Lipinski definition) is 2. The van der Waals surface area contributed by atoms with Crippen LogP contribution in [0.25, 0.3) is 0 Å². The topological polar surface area (TPSA) is 65.7 Å². The summed E-state index contributed by atoms with van der Waals surface area (Å²) in [6.45, 7) is 3.80. The second kappa shape index (κ2) is 7.86. The van der Waals surface area contributed by atoms with E-state index in [9.17, 15) is 9.59 Å². The molecule has 0 unspecified atom stereocenters. The largest absolute Gasteiger partial charge is 0.329 e. The summed E-state index contributed by atoms with van der Waals surface area (Å²) < 4.78 is 1.09. The quantitative estimate of drug-likeness (QED) is 0.710. The van der Waals surface area contributed by atoms with Gasteiger partial charge in [-0.3, -0.25) is 9.59 Å². The molecule has 0 aliphatic rings. The molecule has 2 N–H and O–H groups in total. The Labute approximate surface area is 120 Å². The van der Waals surface area contributed by atoms with Crippen molar-refractivity contribution in [1.82, 2.24) is 9.97 Å². The maximum absolute atomic E-state index is 10.6. The van der Waals surface area contributed by atoms with Crippen molar-refractivity contribution in [1.29, 1.82) is 0 Å². The van der Waals surface area contributed by atoms with Crippen LogP contribution in [-0.2, 0) is 0 Å². The molecule has 0 fully saturated rings. The lowest BCUT2D eigenvalue weighted by Gasteiger charge is -1.91. The van der Waals surface area contributed by atoms with E-state index in [0.29, 0.717) is 0 Å². The highest BCUT2D eigenvalue weighted by Gasteiger charge is 1.90. The Balaban J connectivity index is 0.000000306. The van der Waals surface area contributed by atoms with Gasteiger partial charge < -0.3 is 9.97 Å². The molecule has 0 aliphatic carbocycles. The standard InChI is InChI=1S/C6H6INO.C6H7NO.CH4/c1-4-2-6(9)8-3-5(4)7;1-5-2-3-7-6(8)4-5;/h2-3H,1H3,(H,8,9);2-4H,1H3,(H,7,8);1H4. The van der Waals surface area contributed by atoms with Gasteiger partial charge >= 0.3 is 0 Å². The summed E-state index contributed by atoms with van der Waals surface area (Å²) in [4.78, 5) is 26.1. The summed E-state index contributed by atoms with van der Waals surface area (Å²) in [7, 11) is 0. The Bertz CT molecular complexity index is 602. The minimum atomic E-state index is -0.0370.